The molecule has 0 radical (unpaired) electrons. The van der Waals surface area contributed by atoms with Crippen LogP contribution in [0.3, 0.4) is 0 Å². The molecule has 0 aliphatic rings. The standard InChI is InChI=1S/C14H19ClN6O.ClH/c1-2-3-4-11(8-16)18-14(22)12-7-10(15)5-6-13(12)21-9-17-19-20-21;/h5-7,9,11H,2-4,8,16H2,1H3,(H,18,22);1H. The second-order valence-corrected chi connectivity index (χ2v) is 5.40. The van der Waals surface area contributed by atoms with Crippen molar-refractivity contribution in [1.29, 1.82) is 0 Å². The minimum Gasteiger partial charge on any atom is -0.348 e. The number of tetrazole rings is 1. The molecular weight excluding hydrogens is 339 g/mol. The Morgan fingerprint density at radius 1 is 1.48 bits per heavy atom. The molecule has 7 nitrogen and oxygen atoms in total. The lowest BCUT2D eigenvalue weighted by molar-refractivity contribution is 0.0935. The van der Waals surface area contributed by atoms with E-state index in [1.807, 2.05) is 0 Å². The van der Waals surface area contributed by atoms with Gasteiger partial charge in [0, 0.05) is 17.6 Å². The van der Waals surface area contributed by atoms with Crippen LogP contribution < -0.4 is 11.1 Å². The number of nitrogens with two attached hydrogens (primary N) is 1. The van der Waals surface area contributed by atoms with Gasteiger partial charge in [-0.1, -0.05) is 31.4 Å². The third-order valence-electron chi connectivity index (χ3n) is 3.32. The van der Waals surface area contributed by atoms with E-state index < -0.39 is 0 Å². The van der Waals surface area contributed by atoms with E-state index in [0.29, 0.717) is 22.8 Å². The second kappa shape index (κ2) is 9.44. The van der Waals surface area contributed by atoms with Crippen molar-refractivity contribution in [3.63, 3.8) is 0 Å². The number of carbonyl (C=O) groups is 1. The maximum atomic E-state index is 12.5. The molecule has 1 aromatic heterocycles. The van der Waals surface area contributed by atoms with E-state index in [-0.39, 0.29) is 24.4 Å². The van der Waals surface area contributed by atoms with Gasteiger partial charge in [0.1, 0.15) is 6.33 Å². The van der Waals surface area contributed by atoms with Gasteiger partial charge in [-0.3, -0.25) is 4.79 Å². The van der Waals surface area contributed by atoms with Crippen LogP contribution in [0.5, 0.6) is 0 Å². The number of carbonyl (C=O) groups excluding carboxylic acids is 1. The molecule has 23 heavy (non-hydrogen) atoms. The highest BCUT2D eigenvalue weighted by Gasteiger charge is 2.17. The molecule has 0 saturated carbocycles. The Morgan fingerprint density at radius 2 is 2.26 bits per heavy atom. The molecule has 3 N–H and O–H groups in total. The normalized spacial score (nSPS) is 11.6. The van der Waals surface area contributed by atoms with Crippen LogP contribution in [0.25, 0.3) is 5.69 Å². The van der Waals surface area contributed by atoms with Gasteiger partial charge in [0.05, 0.1) is 11.3 Å². The molecule has 126 valence electrons. The second-order valence-electron chi connectivity index (χ2n) is 4.96. The van der Waals surface area contributed by atoms with Crippen molar-refractivity contribution in [2.24, 2.45) is 5.73 Å². The smallest absolute Gasteiger partial charge is 0.253 e. The predicted molar refractivity (Wildman–Crippen MR) is 91.2 cm³/mol. The van der Waals surface area contributed by atoms with E-state index in [1.54, 1.807) is 18.2 Å². The molecule has 0 bridgehead atoms. The summed E-state index contributed by atoms with van der Waals surface area (Å²) in [6.45, 7) is 2.49. The molecule has 2 aromatic rings. The summed E-state index contributed by atoms with van der Waals surface area (Å²) in [5.74, 6) is -0.237. The van der Waals surface area contributed by atoms with Gasteiger partial charge < -0.3 is 11.1 Å². The zero-order valence-corrected chi connectivity index (χ0v) is 14.3. The number of hydrogen-bond acceptors (Lipinski definition) is 5. The average molecular weight is 359 g/mol. The maximum absolute atomic E-state index is 12.5. The maximum Gasteiger partial charge on any atom is 0.253 e. The molecule has 1 amide bonds. The fourth-order valence-corrected chi connectivity index (χ4v) is 2.30. The molecule has 2 rings (SSSR count). The van der Waals surface area contributed by atoms with Crippen LogP contribution in [0, 0.1) is 0 Å². The van der Waals surface area contributed by atoms with Crippen molar-refractivity contribution in [3.8, 4) is 5.69 Å². The topological polar surface area (TPSA) is 98.7 Å². The number of nitrogens with one attached hydrogen (secondary N) is 1. The van der Waals surface area contributed by atoms with Gasteiger partial charge in [-0.25, -0.2) is 0 Å². The van der Waals surface area contributed by atoms with E-state index in [2.05, 4.69) is 27.8 Å². The van der Waals surface area contributed by atoms with Gasteiger partial charge in [0.15, 0.2) is 0 Å². The first-order valence-corrected chi connectivity index (χ1v) is 7.57. The lowest BCUT2D eigenvalue weighted by Gasteiger charge is -2.17. The van der Waals surface area contributed by atoms with Crippen molar-refractivity contribution in [2.75, 3.05) is 6.54 Å². The van der Waals surface area contributed by atoms with Gasteiger partial charge in [-0.2, -0.15) is 4.68 Å². The monoisotopic (exact) mass is 358 g/mol. The molecule has 1 heterocycles. The summed E-state index contributed by atoms with van der Waals surface area (Å²) in [6.07, 6.45) is 4.34. The SMILES string of the molecule is CCCCC(CN)NC(=O)c1cc(Cl)ccc1-n1cnnn1.Cl. The van der Waals surface area contributed by atoms with E-state index in [1.165, 1.54) is 11.0 Å². The van der Waals surface area contributed by atoms with Gasteiger partial charge in [-0.15, -0.1) is 17.5 Å². The van der Waals surface area contributed by atoms with Crippen molar-refractivity contribution >= 4 is 29.9 Å². The fourth-order valence-electron chi connectivity index (χ4n) is 2.12. The summed E-state index contributed by atoms with van der Waals surface area (Å²) >= 11 is 6.01. The van der Waals surface area contributed by atoms with Gasteiger partial charge in [0.25, 0.3) is 5.91 Å². The first-order valence-electron chi connectivity index (χ1n) is 7.19. The van der Waals surface area contributed by atoms with Crippen LogP contribution in [0.15, 0.2) is 24.5 Å². The van der Waals surface area contributed by atoms with Crippen molar-refractivity contribution in [3.05, 3.63) is 35.1 Å². The van der Waals surface area contributed by atoms with E-state index >= 15 is 0 Å². The molecule has 0 fully saturated rings. The fraction of sp³-hybridized carbons (Fsp3) is 0.429. The predicted octanol–water partition coefficient (Wildman–Crippen LogP) is 1.98. The Morgan fingerprint density at radius 3 is 2.87 bits per heavy atom. The number of rotatable bonds is 7. The van der Waals surface area contributed by atoms with Crippen LogP contribution in [0.1, 0.15) is 36.5 Å². The summed E-state index contributed by atoms with van der Waals surface area (Å²) in [7, 11) is 0. The number of benzene rings is 1. The Bertz CT molecular complexity index is 620. The Balaban J connectivity index is 0.00000264. The quantitative estimate of drug-likeness (QED) is 0.788. The number of unbranched alkanes of at least 4 members (excludes halogenated alkanes) is 1. The largest absolute Gasteiger partial charge is 0.348 e. The van der Waals surface area contributed by atoms with Crippen LogP contribution >= 0.6 is 24.0 Å². The van der Waals surface area contributed by atoms with Crippen LogP contribution in [-0.4, -0.2) is 38.7 Å². The highest BCUT2D eigenvalue weighted by molar-refractivity contribution is 6.31. The minimum atomic E-state index is -0.237. The summed E-state index contributed by atoms with van der Waals surface area (Å²) in [5.41, 5.74) is 6.70. The van der Waals surface area contributed by atoms with E-state index in [4.69, 9.17) is 17.3 Å². The molecule has 1 atom stereocenters. The van der Waals surface area contributed by atoms with Gasteiger partial charge in [0.2, 0.25) is 0 Å². The summed E-state index contributed by atoms with van der Waals surface area (Å²) in [6, 6.07) is 4.93. The highest BCUT2D eigenvalue weighted by Crippen LogP contribution is 2.19. The first-order chi connectivity index (χ1) is 10.7. The van der Waals surface area contributed by atoms with Crippen LogP contribution in [0.4, 0.5) is 0 Å². The lowest BCUT2D eigenvalue weighted by Crippen LogP contribution is -2.40. The number of aromatic nitrogens is 4. The lowest BCUT2D eigenvalue weighted by atomic mass is 10.1. The zero-order valence-electron chi connectivity index (χ0n) is 12.8. The molecule has 0 saturated heterocycles. The Hall–Kier alpha value is -1.70. The number of amides is 1. The van der Waals surface area contributed by atoms with Crippen LogP contribution in [0.2, 0.25) is 5.02 Å². The zero-order chi connectivity index (χ0) is 15.9. The molecule has 9 heteroatoms. The molecule has 0 aliphatic heterocycles. The number of hydrogen-bond donors (Lipinski definition) is 2. The molecule has 0 spiro atoms. The Kier molecular flexibility index (Phi) is 7.94. The first kappa shape index (κ1) is 19.3. The third kappa shape index (κ3) is 5.16. The van der Waals surface area contributed by atoms with E-state index in [0.717, 1.165) is 19.3 Å². The number of nitrogens with zero attached hydrogens (tertiary/aromatic N) is 4. The van der Waals surface area contributed by atoms with Crippen molar-refractivity contribution in [2.45, 2.75) is 32.2 Å². The Labute approximate surface area is 146 Å². The van der Waals surface area contributed by atoms with Gasteiger partial charge >= 0.3 is 0 Å². The molecule has 0 aliphatic carbocycles. The summed E-state index contributed by atoms with van der Waals surface area (Å²) in [5, 5.41) is 14.4. The number of halogens is 2. The summed E-state index contributed by atoms with van der Waals surface area (Å²) in [4.78, 5) is 12.5. The highest BCUT2D eigenvalue weighted by atomic mass is 35.5. The van der Waals surface area contributed by atoms with Crippen molar-refractivity contribution < 1.29 is 4.79 Å². The minimum absolute atomic E-state index is 0. The third-order valence-corrected chi connectivity index (χ3v) is 3.56. The van der Waals surface area contributed by atoms with E-state index in [9.17, 15) is 4.79 Å². The summed E-state index contributed by atoms with van der Waals surface area (Å²) < 4.78 is 1.43. The average Bonchev–Trinajstić information content (AvgIpc) is 3.05. The van der Waals surface area contributed by atoms with Gasteiger partial charge in [-0.05, 0) is 35.0 Å². The van der Waals surface area contributed by atoms with Crippen LogP contribution in [-0.2, 0) is 0 Å². The molecular formula is C14H20Cl2N6O. The molecule has 1 unspecified atom stereocenters. The molecule has 1 aromatic carbocycles. The van der Waals surface area contributed by atoms with Crippen molar-refractivity contribution in [1.82, 2.24) is 25.5 Å².